The van der Waals surface area contributed by atoms with Gasteiger partial charge in [0.15, 0.2) is 0 Å². The summed E-state index contributed by atoms with van der Waals surface area (Å²) in [6.45, 7) is 1.89. The summed E-state index contributed by atoms with van der Waals surface area (Å²) in [5, 5.41) is 6.07. The largest absolute Gasteiger partial charge is 0.349 e. The highest BCUT2D eigenvalue weighted by Gasteiger charge is 2.40. The van der Waals surface area contributed by atoms with Crippen molar-refractivity contribution in [2.45, 2.75) is 61.3 Å². The number of amides is 2. The van der Waals surface area contributed by atoms with Crippen molar-refractivity contribution in [2.24, 2.45) is 17.6 Å². The molecule has 142 valence electrons. The number of nitrogens with one attached hydrogen (secondary N) is 2. The summed E-state index contributed by atoms with van der Waals surface area (Å²) in [5.41, 5.74) is 7.53. The van der Waals surface area contributed by atoms with E-state index in [1.165, 1.54) is 18.2 Å². The molecule has 0 radical (unpaired) electrons. The van der Waals surface area contributed by atoms with Gasteiger partial charge in [0, 0.05) is 22.5 Å². The number of halogens is 1. The molecule has 2 bridgehead atoms. The standard InChI is InChI=1S/C19H25N3O2S.ClH/c1-10-18(23)21-15-9-13(5-6-16(15)25-10)19(24)22-17-11-3-2-4-12(17)8-14(20)7-11;/h5-6,9-12,14,17H,2-4,7-8,20H2,1H3,(H,21,23)(H,22,24);1H. The number of benzene rings is 1. The third kappa shape index (κ3) is 3.73. The first-order chi connectivity index (χ1) is 12.0. The second-order valence-corrected chi connectivity index (χ2v) is 9.02. The molecule has 3 aliphatic rings. The molecule has 2 aliphatic carbocycles. The number of carbonyl (C=O) groups excluding carboxylic acids is 2. The van der Waals surface area contributed by atoms with Gasteiger partial charge in [-0.05, 0) is 62.6 Å². The number of hydrogen-bond donors (Lipinski definition) is 3. The summed E-state index contributed by atoms with van der Waals surface area (Å²) >= 11 is 1.53. The number of nitrogens with two attached hydrogens (primary N) is 1. The van der Waals surface area contributed by atoms with Crippen LogP contribution in [-0.4, -0.2) is 29.1 Å². The van der Waals surface area contributed by atoms with Crippen LogP contribution in [0.25, 0.3) is 0 Å². The van der Waals surface area contributed by atoms with Crippen molar-refractivity contribution in [2.75, 3.05) is 5.32 Å². The first kappa shape index (κ1) is 19.5. The molecule has 2 amide bonds. The van der Waals surface area contributed by atoms with Crippen LogP contribution >= 0.6 is 24.2 Å². The molecule has 26 heavy (non-hydrogen) atoms. The van der Waals surface area contributed by atoms with E-state index >= 15 is 0 Å². The smallest absolute Gasteiger partial charge is 0.251 e. The highest BCUT2D eigenvalue weighted by molar-refractivity contribution is 8.00. The molecule has 0 saturated heterocycles. The average Bonchev–Trinajstić information content (AvgIpc) is 2.56. The number of carbonyl (C=O) groups is 2. The first-order valence-corrected chi connectivity index (χ1v) is 10.1. The Labute approximate surface area is 164 Å². The molecule has 0 spiro atoms. The van der Waals surface area contributed by atoms with E-state index in [-0.39, 0.29) is 41.6 Å². The lowest BCUT2D eigenvalue weighted by atomic mass is 9.67. The molecule has 0 aromatic heterocycles. The van der Waals surface area contributed by atoms with Gasteiger partial charge in [0.25, 0.3) is 5.91 Å². The topological polar surface area (TPSA) is 84.2 Å². The Morgan fingerprint density at radius 2 is 1.96 bits per heavy atom. The zero-order valence-electron chi connectivity index (χ0n) is 14.9. The number of fused-ring (bicyclic) bond motifs is 3. The van der Waals surface area contributed by atoms with E-state index in [2.05, 4.69) is 10.6 Å². The molecule has 5 nitrogen and oxygen atoms in total. The Morgan fingerprint density at radius 3 is 2.65 bits per heavy atom. The highest BCUT2D eigenvalue weighted by Crippen LogP contribution is 2.40. The molecule has 2 saturated carbocycles. The van der Waals surface area contributed by atoms with E-state index in [1.807, 2.05) is 19.1 Å². The highest BCUT2D eigenvalue weighted by atomic mass is 35.5. The number of anilines is 1. The fourth-order valence-electron chi connectivity index (χ4n) is 4.61. The van der Waals surface area contributed by atoms with Crippen LogP contribution in [0.4, 0.5) is 5.69 Å². The molecule has 1 aromatic carbocycles. The average molecular weight is 396 g/mol. The summed E-state index contributed by atoms with van der Waals surface area (Å²) < 4.78 is 0. The number of thioether (sulfide) groups is 1. The normalized spacial score (nSPS) is 32.7. The van der Waals surface area contributed by atoms with Crippen molar-refractivity contribution >= 4 is 41.7 Å². The van der Waals surface area contributed by atoms with Gasteiger partial charge in [-0.15, -0.1) is 24.2 Å². The van der Waals surface area contributed by atoms with Crippen LogP contribution in [-0.2, 0) is 4.79 Å². The summed E-state index contributed by atoms with van der Waals surface area (Å²) in [6.07, 6.45) is 5.58. The Hall–Kier alpha value is -1.24. The Kier molecular flexibility index (Phi) is 5.85. The van der Waals surface area contributed by atoms with Crippen molar-refractivity contribution < 1.29 is 9.59 Å². The van der Waals surface area contributed by atoms with E-state index in [0.717, 1.165) is 36.3 Å². The van der Waals surface area contributed by atoms with Crippen molar-refractivity contribution in [3.05, 3.63) is 23.8 Å². The molecule has 1 heterocycles. The minimum atomic E-state index is -0.0991. The number of rotatable bonds is 2. The molecule has 4 N–H and O–H groups in total. The van der Waals surface area contributed by atoms with Gasteiger partial charge in [-0.2, -0.15) is 0 Å². The second kappa shape index (κ2) is 7.79. The zero-order valence-corrected chi connectivity index (χ0v) is 16.5. The molecule has 3 atom stereocenters. The van der Waals surface area contributed by atoms with E-state index in [4.69, 9.17) is 5.73 Å². The van der Waals surface area contributed by atoms with E-state index in [9.17, 15) is 9.59 Å². The quantitative estimate of drug-likeness (QED) is 0.718. The SMILES string of the molecule is CC1Sc2ccc(C(=O)NC3C4CCCC3CC(N)C4)cc2NC1=O.Cl. The maximum atomic E-state index is 12.8. The van der Waals surface area contributed by atoms with Gasteiger partial charge in [-0.3, -0.25) is 9.59 Å². The Morgan fingerprint density at radius 1 is 1.27 bits per heavy atom. The minimum Gasteiger partial charge on any atom is -0.349 e. The van der Waals surface area contributed by atoms with Gasteiger partial charge in [0.05, 0.1) is 10.9 Å². The van der Waals surface area contributed by atoms with Crippen LogP contribution < -0.4 is 16.4 Å². The lowest BCUT2D eigenvalue weighted by molar-refractivity contribution is -0.115. The summed E-state index contributed by atoms with van der Waals surface area (Å²) in [4.78, 5) is 25.7. The van der Waals surface area contributed by atoms with Gasteiger partial charge in [-0.25, -0.2) is 0 Å². The molecule has 7 heteroatoms. The van der Waals surface area contributed by atoms with Crippen LogP contribution in [0.2, 0.25) is 0 Å². The monoisotopic (exact) mass is 395 g/mol. The minimum absolute atomic E-state index is 0. The van der Waals surface area contributed by atoms with Crippen molar-refractivity contribution in [3.8, 4) is 0 Å². The van der Waals surface area contributed by atoms with Crippen LogP contribution in [0.5, 0.6) is 0 Å². The second-order valence-electron chi connectivity index (χ2n) is 7.64. The summed E-state index contributed by atoms with van der Waals surface area (Å²) in [6, 6.07) is 6.10. The maximum absolute atomic E-state index is 12.8. The lowest BCUT2D eigenvalue weighted by Gasteiger charge is -2.45. The Bertz CT molecular complexity index is 700. The molecule has 1 aliphatic heterocycles. The fourth-order valence-corrected chi connectivity index (χ4v) is 5.54. The molecule has 4 rings (SSSR count). The summed E-state index contributed by atoms with van der Waals surface area (Å²) in [7, 11) is 0. The van der Waals surface area contributed by atoms with Crippen molar-refractivity contribution in [1.29, 1.82) is 0 Å². The summed E-state index contributed by atoms with van der Waals surface area (Å²) in [5.74, 6) is 0.948. The third-order valence-electron chi connectivity index (χ3n) is 5.85. The lowest BCUT2D eigenvalue weighted by Crippen LogP contribution is -2.53. The molecular weight excluding hydrogens is 370 g/mol. The van der Waals surface area contributed by atoms with Gasteiger partial charge < -0.3 is 16.4 Å². The zero-order chi connectivity index (χ0) is 17.6. The maximum Gasteiger partial charge on any atom is 0.251 e. The van der Waals surface area contributed by atoms with Gasteiger partial charge >= 0.3 is 0 Å². The molecule has 3 unspecified atom stereocenters. The number of hydrogen-bond acceptors (Lipinski definition) is 4. The van der Waals surface area contributed by atoms with Gasteiger partial charge in [0.2, 0.25) is 5.91 Å². The van der Waals surface area contributed by atoms with E-state index in [0.29, 0.717) is 17.4 Å². The van der Waals surface area contributed by atoms with Gasteiger partial charge in [-0.1, -0.05) is 6.42 Å². The third-order valence-corrected chi connectivity index (χ3v) is 7.02. The predicted molar refractivity (Wildman–Crippen MR) is 107 cm³/mol. The van der Waals surface area contributed by atoms with Gasteiger partial charge in [0.1, 0.15) is 0 Å². The molecular formula is C19H26ClN3O2S. The van der Waals surface area contributed by atoms with Crippen molar-refractivity contribution in [3.63, 3.8) is 0 Å². The predicted octanol–water partition coefficient (Wildman–Crippen LogP) is 3.18. The van der Waals surface area contributed by atoms with Crippen molar-refractivity contribution in [1.82, 2.24) is 5.32 Å². The van der Waals surface area contributed by atoms with Crippen LogP contribution in [0.15, 0.2) is 23.1 Å². The molecule has 2 fully saturated rings. The fraction of sp³-hybridized carbons (Fsp3) is 0.579. The molecule has 1 aromatic rings. The van der Waals surface area contributed by atoms with Crippen LogP contribution in [0.3, 0.4) is 0 Å². The Balaban J connectivity index is 0.00000196. The van der Waals surface area contributed by atoms with E-state index < -0.39 is 0 Å². The van der Waals surface area contributed by atoms with Crippen LogP contribution in [0, 0.1) is 11.8 Å². The van der Waals surface area contributed by atoms with E-state index in [1.54, 1.807) is 6.07 Å². The van der Waals surface area contributed by atoms with Crippen LogP contribution in [0.1, 0.15) is 49.4 Å². The first-order valence-electron chi connectivity index (χ1n) is 9.19.